The second-order valence-corrected chi connectivity index (χ2v) is 7.83. The number of hydrogen-bond donors (Lipinski definition) is 1. The molecule has 1 aromatic rings. The monoisotopic (exact) mass is 377 g/mol. The van der Waals surface area contributed by atoms with E-state index in [0.29, 0.717) is 24.2 Å². The van der Waals surface area contributed by atoms with Gasteiger partial charge in [-0.2, -0.15) is 15.8 Å². The van der Waals surface area contributed by atoms with Crippen molar-refractivity contribution in [1.29, 1.82) is 21.2 Å². The molecule has 1 aliphatic carbocycles. The van der Waals surface area contributed by atoms with E-state index in [1.54, 1.807) is 12.1 Å². The van der Waals surface area contributed by atoms with Crippen molar-refractivity contribution in [3.8, 4) is 18.2 Å². The first kappa shape index (κ1) is 19.1. The van der Waals surface area contributed by atoms with Crippen LogP contribution in [-0.4, -0.2) is 29.7 Å². The van der Waals surface area contributed by atoms with Crippen LogP contribution in [0.5, 0.6) is 0 Å². The maximum atomic E-state index is 10.00. The Morgan fingerprint density at radius 3 is 2.33 bits per heavy atom. The zero-order valence-electron chi connectivity index (χ0n) is 15.3. The van der Waals surface area contributed by atoms with E-state index in [0.717, 1.165) is 11.1 Å². The van der Waals surface area contributed by atoms with E-state index in [4.69, 9.17) is 17.0 Å². The van der Waals surface area contributed by atoms with Crippen LogP contribution < -0.4 is 0 Å². The van der Waals surface area contributed by atoms with Crippen LogP contribution in [0.3, 0.4) is 0 Å². The first-order chi connectivity index (χ1) is 12.9. The summed E-state index contributed by atoms with van der Waals surface area (Å²) in [7, 11) is 0. The van der Waals surface area contributed by atoms with Crippen molar-refractivity contribution < 1.29 is 0 Å². The number of nitrogens with zero attached hydrogens (tertiary/aromatic N) is 4. The zero-order chi connectivity index (χ0) is 19.8. The van der Waals surface area contributed by atoms with Gasteiger partial charge in [0.1, 0.15) is 5.92 Å². The highest BCUT2D eigenvalue weighted by Crippen LogP contribution is 2.53. The molecule has 0 bridgehead atoms. The van der Waals surface area contributed by atoms with Crippen molar-refractivity contribution in [3.63, 3.8) is 0 Å². The smallest absolute Gasteiger partial charge is 0.189 e. The van der Waals surface area contributed by atoms with Crippen LogP contribution in [0.4, 0.5) is 0 Å². The summed E-state index contributed by atoms with van der Waals surface area (Å²) >= 11 is 6.03. The maximum absolute atomic E-state index is 10.00. The number of nitriles is 3. The topological polar surface area (TPSA) is 98.5 Å². The molecule has 0 aromatic heterocycles. The first-order valence-corrected chi connectivity index (χ1v) is 9.28. The summed E-state index contributed by atoms with van der Waals surface area (Å²) in [6.07, 6.45) is 2.01. The number of nitrogens with one attached hydrogen (secondary N) is 1. The van der Waals surface area contributed by atoms with Crippen LogP contribution in [0, 0.1) is 56.7 Å². The van der Waals surface area contributed by atoms with Crippen LogP contribution in [0.1, 0.15) is 25.3 Å². The minimum atomic E-state index is -1.67. The van der Waals surface area contributed by atoms with Crippen molar-refractivity contribution in [2.24, 2.45) is 17.3 Å². The van der Waals surface area contributed by atoms with Gasteiger partial charge in [-0.25, -0.2) is 0 Å². The number of hydrogen-bond acceptors (Lipinski definition) is 5. The summed E-state index contributed by atoms with van der Waals surface area (Å²) in [4.78, 5) is 2.26. The van der Waals surface area contributed by atoms with Crippen LogP contribution in [-0.2, 0) is 0 Å². The molecule has 0 radical (unpaired) electrons. The molecule has 3 atom stereocenters. The van der Waals surface area contributed by atoms with Crippen molar-refractivity contribution in [1.82, 2.24) is 4.90 Å². The highest BCUT2D eigenvalue weighted by molar-refractivity contribution is 6.30. The average molecular weight is 378 g/mol. The minimum Gasteiger partial charge on any atom is -0.305 e. The van der Waals surface area contributed by atoms with Gasteiger partial charge in [0.25, 0.3) is 0 Å². The Morgan fingerprint density at radius 2 is 1.81 bits per heavy atom. The molecule has 0 amide bonds. The van der Waals surface area contributed by atoms with Gasteiger partial charge in [-0.15, -0.1) is 0 Å². The predicted molar refractivity (Wildman–Crippen MR) is 103 cm³/mol. The Kier molecular flexibility index (Phi) is 5.07. The SMILES string of the molecule is CC(C)N1CC=C2C(C#N)C(=N)C(C#N)(C#N)[C@@H](c3ccc(Cl)cc3)[C@@H]2C1. The van der Waals surface area contributed by atoms with E-state index >= 15 is 0 Å². The van der Waals surface area contributed by atoms with E-state index in [2.05, 4.69) is 37.0 Å². The van der Waals surface area contributed by atoms with E-state index in [1.165, 1.54) is 0 Å². The molecule has 1 aromatic carbocycles. The highest BCUT2D eigenvalue weighted by atomic mass is 35.5. The molecule has 1 saturated carbocycles. The number of benzene rings is 1. The summed E-state index contributed by atoms with van der Waals surface area (Å²) in [5, 5.41) is 38.9. The van der Waals surface area contributed by atoms with E-state index in [-0.39, 0.29) is 11.6 Å². The largest absolute Gasteiger partial charge is 0.305 e. The fourth-order valence-electron chi connectivity index (χ4n) is 4.30. The highest BCUT2D eigenvalue weighted by Gasteiger charge is 2.57. The van der Waals surface area contributed by atoms with Crippen LogP contribution in [0.25, 0.3) is 0 Å². The second kappa shape index (κ2) is 7.16. The third kappa shape index (κ3) is 2.92. The van der Waals surface area contributed by atoms with Crippen molar-refractivity contribution in [3.05, 3.63) is 46.5 Å². The minimum absolute atomic E-state index is 0.115. The zero-order valence-corrected chi connectivity index (χ0v) is 16.0. The fourth-order valence-corrected chi connectivity index (χ4v) is 4.42. The van der Waals surface area contributed by atoms with Crippen LogP contribution in [0.15, 0.2) is 35.9 Å². The molecule has 2 aliphatic rings. The number of halogens is 1. The molecule has 6 heteroatoms. The van der Waals surface area contributed by atoms with Gasteiger partial charge < -0.3 is 5.41 Å². The third-order valence-corrected chi connectivity index (χ3v) is 6.03. The molecule has 1 heterocycles. The van der Waals surface area contributed by atoms with Gasteiger partial charge in [0.05, 0.1) is 23.9 Å². The van der Waals surface area contributed by atoms with Crippen molar-refractivity contribution >= 4 is 17.3 Å². The molecule has 1 unspecified atom stereocenters. The van der Waals surface area contributed by atoms with E-state index in [9.17, 15) is 15.8 Å². The molecule has 1 fully saturated rings. The fraction of sp³-hybridized carbons (Fsp3) is 0.429. The molecule has 3 rings (SSSR count). The van der Waals surface area contributed by atoms with Gasteiger partial charge in [0, 0.05) is 36.0 Å². The van der Waals surface area contributed by atoms with Crippen LogP contribution in [0.2, 0.25) is 5.02 Å². The lowest BCUT2D eigenvalue weighted by Gasteiger charge is -2.48. The molecule has 27 heavy (non-hydrogen) atoms. The molecule has 0 spiro atoms. The molecule has 1 N–H and O–H groups in total. The lowest BCUT2D eigenvalue weighted by atomic mass is 9.54. The molecular formula is C21H20ClN5. The summed E-state index contributed by atoms with van der Waals surface area (Å²) in [5.41, 5.74) is -0.128. The lowest BCUT2D eigenvalue weighted by Crippen LogP contribution is -2.53. The average Bonchev–Trinajstić information content (AvgIpc) is 2.67. The van der Waals surface area contributed by atoms with Gasteiger partial charge in [0.2, 0.25) is 0 Å². The Labute approximate surface area is 164 Å². The normalized spacial score (nSPS) is 27.1. The molecule has 136 valence electrons. The van der Waals surface area contributed by atoms with Crippen molar-refractivity contribution in [2.45, 2.75) is 25.8 Å². The summed E-state index contributed by atoms with van der Waals surface area (Å²) in [6.45, 7) is 5.55. The maximum Gasteiger partial charge on any atom is 0.189 e. The van der Waals surface area contributed by atoms with Gasteiger partial charge in [-0.1, -0.05) is 29.8 Å². The lowest BCUT2D eigenvalue weighted by molar-refractivity contribution is 0.171. The van der Waals surface area contributed by atoms with Crippen molar-refractivity contribution in [2.75, 3.05) is 13.1 Å². The Bertz CT molecular complexity index is 896. The Hall–Kier alpha value is -2.65. The standard InChI is InChI=1S/C21H20ClN5/c1-13(2)27-8-7-16-17(9-23)20(26)21(11-24,12-25)19(18(16)10-27)14-3-5-15(22)6-4-14/h3-7,13,17-19,26H,8,10H2,1-2H3/t17?,18-,19+/m1/s1. The number of fused-ring (bicyclic) bond motifs is 1. The van der Waals surface area contributed by atoms with Gasteiger partial charge >= 0.3 is 0 Å². The predicted octanol–water partition coefficient (Wildman–Crippen LogP) is 3.90. The third-order valence-electron chi connectivity index (χ3n) is 5.78. The molecule has 1 aliphatic heterocycles. The summed E-state index contributed by atoms with van der Waals surface area (Å²) in [5.74, 6) is -1.53. The Morgan fingerprint density at radius 1 is 1.19 bits per heavy atom. The van der Waals surface area contributed by atoms with Gasteiger partial charge in [-0.05, 0) is 37.1 Å². The summed E-state index contributed by atoms with van der Waals surface area (Å²) in [6, 6.07) is 13.8. The second-order valence-electron chi connectivity index (χ2n) is 7.39. The Balaban J connectivity index is 2.23. The van der Waals surface area contributed by atoms with E-state index < -0.39 is 17.3 Å². The number of rotatable bonds is 2. The van der Waals surface area contributed by atoms with Gasteiger partial charge in [0.15, 0.2) is 5.41 Å². The molecular weight excluding hydrogens is 358 g/mol. The van der Waals surface area contributed by atoms with Gasteiger partial charge in [-0.3, -0.25) is 4.90 Å². The van der Waals surface area contributed by atoms with E-state index in [1.807, 2.05) is 18.2 Å². The van der Waals surface area contributed by atoms with Crippen LogP contribution >= 0.6 is 11.6 Å². The molecule has 0 saturated heterocycles. The molecule has 5 nitrogen and oxygen atoms in total. The quantitative estimate of drug-likeness (QED) is 0.790. The first-order valence-electron chi connectivity index (χ1n) is 8.90. The summed E-state index contributed by atoms with van der Waals surface area (Å²) < 4.78 is 0.